The number of hydrogen-bond donors (Lipinski definition) is 1. The van der Waals surface area contributed by atoms with Gasteiger partial charge in [-0.1, -0.05) is 25.1 Å². The van der Waals surface area contributed by atoms with Crippen molar-refractivity contribution < 1.29 is 13.2 Å². The quantitative estimate of drug-likeness (QED) is 0.770. The van der Waals surface area contributed by atoms with Crippen molar-refractivity contribution in [2.75, 3.05) is 13.2 Å². The highest BCUT2D eigenvalue weighted by atomic mass is 32.2. The number of rotatable bonds is 7. The van der Waals surface area contributed by atoms with Gasteiger partial charge in [0.2, 0.25) is 10.0 Å². The monoisotopic (exact) mass is 359 g/mol. The summed E-state index contributed by atoms with van der Waals surface area (Å²) in [7, 11) is -3.49. The lowest BCUT2D eigenvalue weighted by Crippen LogP contribution is -2.28. The van der Waals surface area contributed by atoms with E-state index in [9.17, 15) is 8.42 Å². The van der Waals surface area contributed by atoms with Gasteiger partial charge < -0.3 is 4.74 Å². The van der Waals surface area contributed by atoms with Crippen molar-refractivity contribution in [1.82, 2.24) is 4.72 Å². The van der Waals surface area contributed by atoms with E-state index in [2.05, 4.69) is 11.6 Å². The molecule has 25 heavy (non-hydrogen) atoms. The molecule has 0 radical (unpaired) electrons. The first kappa shape index (κ1) is 18.0. The zero-order valence-electron chi connectivity index (χ0n) is 14.6. The van der Waals surface area contributed by atoms with Gasteiger partial charge in [-0.05, 0) is 73.1 Å². The van der Waals surface area contributed by atoms with Crippen LogP contribution in [0.2, 0.25) is 0 Å². The molecule has 0 saturated heterocycles. The van der Waals surface area contributed by atoms with E-state index in [1.54, 1.807) is 6.07 Å². The summed E-state index contributed by atoms with van der Waals surface area (Å²) >= 11 is 0. The summed E-state index contributed by atoms with van der Waals surface area (Å²) in [5.74, 6) is 0.755. The van der Waals surface area contributed by atoms with Gasteiger partial charge in [-0.15, -0.1) is 0 Å². The van der Waals surface area contributed by atoms with Gasteiger partial charge >= 0.3 is 0 Å². The molecule has 0 heterocycles. The first-order valence-electron chi connectivity index (χ1n) is 8.92. The molecule has 0 fully saturated rings. The van der Waals surface area contributed by atoms with Crippen LogP contribution in [-0.2, 0) is 29.3 Å². The minimum atomic E-state index is -3.49. The van der Waals surface area contributed by atoms with E-state index in [4.69, 9.17) is 4.74 Å². The fourth-order valence-electron chi connectivity index (χ4n) is 3.13. The minimum absolute atomic E-state index is 0.245. The van der Waals surface area contributed by atoms with Gasteiger partial charge in [-0.3, -0.25) is 0 Å². The molecule has 134 valence electrons. The zero-order chi connectivity index (χ0) is 17.7. The standard InChI is InChI=1S/C20H25NO3S/c1-2-16-7-10-19(11-8-16)24-14-13-21-25(22,23)20-12-9-17-5-3-4-6-18(17)15-20/h7-12,15,21H,2-6,13-14H2,1H3. The Morgan fingerprint density at radius 2 is 1.72 bits per heavy atom. The van der Waals surface area contributed by atoms with Crippen LogP contribution in [0.3, 0.4) is 0 Å². The molecule has 0 atom stereocenters. The highest BCUT2D eigenvalue weighted by Crippen LogP contribution is 2.24. The Hall–Kier alpha value is -1.85. The van der Waals surface area contributed by atoms with Crippen molar-refractivity contribution in [1.29, 1.82) is 0 Å². The molecular weight excluding hydrogens is 334 g/mol. The Labute approximate surface area is 150 Å². The average molecular weight is 359 g/mol. The predicted molar refractivity (Wildman–Crippen MR) is 99.6 cm³/mol. The van der Waals surface area contributed by atoms with Crippen molar-refractivity contribution >= 4 is 10.0 Å². The van der Waals surface area contributed by atoms with Crippen molar-refractivity contribution in [3.05, 3.63) is 59.2 Å². The van der Waals surface area contributed by atoms with E-state index in [0.717, 1.165) is 31.4 Å². The van der Waals surface area contributed by atoms with E-state index >= 15 is 0 Å². The third-order valence-electron chi connectivity index (χ3n) is 4.62. The van der Waals surface area contributed by atoms with Crippen LogP contribution in [-0.4, -0.2) is 21.6 Å². The number of sulfonamides is 1. The van der Waals surface area contributed by atoms with Crippen LogP contribution in [0.4, 0.5) is 0 Å². The van der Waals surface area contributed by atoms with Crippen LogP contribution < -0.4 is 9.46 Å². The Bertz CT molecular complexity index is 813. The Balaban J connectivity index is 1.54. The molecule has 0 saturated carbocycles. The van der Waals surface area contributed by atoms with Crippen molar-refractivity contribution in [2.45, 2.75) is 43.9 Å². The van der Waals surface area contributed by atoms with Gasteiger partial charge in [-0.25, -0.2) is 13.1 Å². The number of nitrogens with one attached hydrogen (secondary N) is 1. The molecule has 1 aliphatic rings. The average Bonchev–Trinajstić information content (AvgIpc) is 2.65. The van der Waals surface area contributed by atoms with Crippen molar-refractivity contribution in [2.24, 2.45) is 0 Å². The number of aryl methyl sites for hydroxylation is 3. The molecule has 0 bridgehead atoms. The van der Waals surface area contributed by atoms with Gasteiger partial charge in [0.15, 0.2) is 0 Å². The minimum Gasteiger partial charge on any atom is -0.492 e. The topological polar surface area (TPSA) is 55.4 Å². The SMILES string of the molecule is CCc1ccc(OCCNS(=O)(=O)c2ccc3c(c2)CCCC3)cc1. The smallest absolute Gasteiger partial charge is 0.240 e. The summed E-state index contributed by atoms with van der Waals surface area (Å²) < 4.78 is 33.1. The number of ether oxygens (including phenoxy) is 1. The van der Waals surface area contributed by atoms with E-state index < -0.39 is 10.0 Å². The molecule has 5 heteroatoms. The molecule has 0 amide bonds. The summed E-state index contributed by atoms with van der Waals surface area (Å²) in [6.07, 6.45) is 5.33. The maximum atomic E-state index is 12.4. The molecule has 2 aromatic carbocycles. The first-order chi connectivity index (χ1) is 12.1. The fourth-order valence-corrected chi connectivity index (χ4v) is 4.19. The molecular formula is C20H25NO3S. The van der Waals surface area contributed by atoms with Crippen LogP contribution in [0.1, 0.15) is 36.5 Å². The lowest BCUT2D eigenvalue weighted by atomic mass is 9.92. The van der Waals surface area contributed by atoms with Crippen molar-refractivity contribution in [3.8, 4) is 5.75 Å². The summed E-state index contributed by atoms with van der Waals surface area (Å²) in [4.78, 5) is 0.348. The van der Waals surface area contributed by atoms with Crippen LogP contribution >= 0.6 is 0 Å². The molecule has 4 nitrogen and oxygen atoms in total. The maximum absolute atomic E-state index is 12.4. The fraction of sp³-hybridized carbons (Fsp3) is 0.400. The molecule has 2 aromatic rings. The van der Waals surface area contributed by atoms with E-state index in [-0.39, 0.29) is 6.54 Å². The van der Waals surface area contributed by atoms with Crippen molar-refractivity contribution in [3.63, 3.8) is 0 Å². The molecule has 0 unspecified atom stereocenters. The highest BCUT2D eigenvalue weighted by molar-refractivity contribution is 7.89. The van der Waals surface area contributed by atoms with Crippen LogP contribution in [0, 0.1) is 0 Å². The van der Waals surface area contributed by atoms with Gasteiger partial charge in [0.1, 0.15) is 12.4 Å². The molecule has 0 aromatic heterocycles. The van der Waals surface area contributed by atoms with Gasteiger partial charge in [0.05, 0.1) is 4.90 Å². The van der Waals surface area contributed by atoms with Crippen LogP contribution in [0.15, 0.2) is 47.4 Å². The summed E-state index contributed by atoms with van der Waals surface area (Å²) in [6, 6.07) is 13.3. The Kier molecular flexibility index (Phi) is 5.76. The summed E-state index contributed by atoms with van der Waals surface area (Å²) in [5, 5.41) is 0. The summed E-state index contributed by atoms with van der Waals surface area (Å²) in [5.41, 5.74) is 3.70. The van der Waals surface area contributed by atoms with Gasteiger partial charge in [0, 0.05) is 6.54 Å². The second kappa shape index (κ2) is 8.02. The third-order valence-corrected chi connectivity index (χ3v) is 6.08. The first-order valence-corrected chi connectivity index (χ1v) is 10.4. The highest BCUT2D eigenvalue weighted by Gasteiger charge is 2.17. The molecule has 3 rings (SSSR count). The number of hydrogen-bond acceptors (Lipinski definition) is 3. The Morgan fingerprint density at radius 1 is 1.00 bits per heavy atom. The van der Waals surface area contributed by atoms with Crippen LogP contribution in [0.25, 0.3) is 0 Å². The number of fused-ring (bicyclic) bond motifs is 1. The maximum Gasteiger partial charge on any atom is 0.240 e. The largest absolute Gasteiger partial charge is 0.492 e. The van der Waals surface area contributed by atoms with E-state index in [1.807, 2.05) is 36.4 Å². The predicted octanol–water partition coefficient (Wildman–Crippen LogP) is 3.49. The van der Waals surface area contributed by atoms with Gasteiger partial charge in [-0.2, -0.15) is 0 Å². The molecule has 1 N–H and O–H groups in total. The zero-order valence-corrected chi connectivity index (χ0v) is 15.4. The van der Waals surface area contributed by atoms with E-state index in [0.29, 0.717) is 11.5 Å². The second-order valence-corrected chi connectivity index (χ2v) is 8.15. The normalized spacial score (nSPS) is 14.1. The molecule has 0 aliphatic heterocycles. The molecule has 1 aliphatic carbocycles. The van der Waals surface area contributed by atoms with Crippen LogP contribution in [0.5, 0.6) is 5.75 Å². The van der Waals surface area contributed by atoms with Gasteiger partial charge in [0.25, 0.3) is 0 Å². The second-order valence-electron chi connectivity index (χ2n) is 6.38. The lowest BCUT2D eigenvalue weighted by Gasteiger charge is -2.16. The number of benzene rings is 2. The summed E-state index contributed by atoms with van der Waals surface area (Å²) in [6.45, 7) is 2.65. The Morgan fingerprint density at radius 3 is 2.44 bits per heavy atom. The molecule has 0 spiro atoms. The van der Waals surface area contributed by atoms with E-state index in [1.165, 1.54) is 23.1 Å². The lowest BCUT2D eigenvalue weighted by molar-refractivity contribution is 0.322. The third kappa shape index (κ3) is 4.61.